The maximum atomic E-state index is 9.97. The minimum atomic E-state index is -2.67. The molecule has 0 unspecified atom stereocenters. The third kappa shape index (κ3) is 2.98. The summed E-state index contributed by atoms with van der Waals surface area (Å²) in [6, 6.07) is 11.8. The molecule has 0 aliphatic rings. The molecular weight excluding hydrogens is 574 g/mol. The predicted molar refractivity (Wildman–Crippen MR) is 90.9 cm³/mol. The molecule has 0 aromatic heterocycles. The first-order valence-electron chi connectivity index (χ1n) is 4.95. The van der Waals surface area contributed by atoms with Gasteiger partial charge in [-0.3, -0.25) is 0 Å². The molecule has 0 saturated heterocycles. The Morgan fingerprint density at radius 2 is 1.33 bits per heavy atom. The van der Waals surface area contributed by atoms with E-state index in [0.29, 0.717) is 0 Å². The summed E-state index contributed by atoms with van der Waals surface area (Å²) in [7, 11) is -2.67. The van der Waals surface area contributed by atoms with E-state index in [1.165, 1.54) is 6.07 Å². The van der Waals surface area contributed by atoms with Gasteiger partial charge in [-0.05, 0) is 0 Å². The van der Waals surface area contributed by atoms with Crippen molar-refractivity contribution in [2.45, 2.75) is 0 Å². The van der Waals surface area contributed by atoms with E-state index in [2.05, 4.69) is 37.4 Å². The Hall–Kier alpha value is 0.0896. The SMILES string of the molecule is Oc1ccc([Te](I)(I)c2ccc(O)cc2O)cc1. The van der Waals surface area contributed by atoms with Crippen molar-refractivity contribution in [3.63, 3.8) is 0 Å². The fourth-order valence-electron chi connectivity index (χ4n) is 1.47. The van der Waals surface area contributed by atoms with Crippen molar-refractivity contribution in [2.24, 2.45) is 0 Å². The summed E-state index contributed by atoms with van der Waals surface area (Å²) in [4.78, 5) is 0. The number of rotatable bonds is 2. The molecule has 0 aliphatic heterocycles. The van der Waals surface area contributed by atoms with Crippen LogP contribution < -0.4 is 7.22 Å². The molecule has 3 nitrogen and oxygen atoms in total. The molecule has 0 saturated carbocycles. The van der Waals surface area contributed by atoms with Crippen LogP contribution in [0.2, 0.25) is 0 Å². The quantitative estimate of drug-likeness (QED) is 0.376. The first-order chi connectivity index (χ1) is 8.41. The molecule has 0 bridgehead atoms. The van der Waals surface area contributed by atoms with Crippen LogP contribution in [0.25, 0.3) is 0 Å². The second kappa shape index (κ2) is 5.61. The second-order valence-corrected chi connectivity index (χ2v) is 37.9. The molecule has 0 heterocycles. The molecule has 18 heavy (non-hydrogen) atoms. The Bertz CT molecular complexity index is 570. The predicted octanol–water partition coefficient (Wildman–Crippen LogP) is 2.23. The molecule has 2 aromatic carbocycles. The number of halogens is 2. The fraction of sp³-hybridized carbons (Fsp3) is 0. The van der Waals surface area contributed by atoms with Crippen LogP contribution in [0.15, 0.2) is 42.5 Å². The molecule has 2 rings (SSSR count). The first kappa shape index (κ1) is 14.5. The maximum absolute atomic E-state index is 9.97. The first-order valence-corrected chi connectivity index (χ1v) is 20.9. The number of hydrogen-bond acceptors (Lipinski definition) is 3. The number of hydrogen-bond donors (Lipinski definition) is 3. The Morgan fingerprint density at radius 3 is 1.89 bits per heavy atom. The van der Waals surface area contributed by atoms with Crippen molar-refractivity contribution in [3.05, 3.63) is 42.5 Å². The van der Waals surface area contributed by atoms with E-state index in [9.17, 15) is 15.3 Å². The number of phenolic OH excluding ortho intramolecular Hbond substituents is 3. The van der Waals surface area contributed by atoms with Crippen LogP contribution in [0.4, 0.5) is 0 Å². The number of aromatic hydroxyl groups is 3. The van der Waals surface area contributed by atoms with Crippen LogP contribution in [0.5, 0.6) is 17.2 Å². The summed E-state index contributed by atoms with van der Waals surface area (Å²) in [5, 5.41) is 28.6. The van der Waals surface area contributed by atoms with Crippen molar-refractivity contribution >= 4 is 54.9 Å². The molecule has 3 N–H and O–H groups in total. The van der Waals surface area contributed by atoms with Gasteiger partial charge in [0.1, 0.15) is 0 Å². The van der Waals surface area contributed by atoms with E-state index in [4.69, 9.17) is 0 Å². The summed E-state index contributed by atoms with van der Waals surface area (Å²) in [5.74, 6) is 0.432. The molecule has 2 aromatic rings. The Balaban J connectivity index is 2.50. The van der Waals surface area contributed by atoms with Gasteiger partial charge >= 0.3 is 130 Å². The molecule has 0 radical (unpaired) electrons. The van der Waals surface area contributed by atoms with Crippen molar-refractivity contribution in [1.82, 2.24) is 0 Å². The van der Waals surface area contributed by atoms with Crippen LogP contribution in [0.1, 0.15) is 0 Å². The van der Waals surface area contributed by atoms with E-state index in [-0.39, 0.29) is 17.2 Å². The van der Waals surface area contributed by atoms with E-state index in [0.717, 1.165) is 7.22 Å². The normalized spacial score (nSPS) is 12.3. The fourth-order valence-corrected chi connectivity index (χ4v) is 14.1. The summed E-state index contributed by atoms with van der Waals surface area (Å²) >= 11 is 4.82. The van der Waals surface area contributed by atoms with Gasteiger partial charge in [0, 0.05) is 0 Å². The topological polar surface area (TPSA) is 60.7 Å². The van der Waals surface area contributed by atoms with Gasteiger partial charge in [-0.1, -0.05) is 0 Å². The second-order valence-electron chi connectivity index (χ2n) is 3.61. The van der Waals surface area contributed by atoms with Gasteiger partial charge in [-0.25, -0.2) is 0 Å². The standard InChI is InChI=1S/C12H10I2O3Te/c13-18(14,10-4-1-8(15)2-5-10)12-6-3-9(16)7-11(12)17/h1-7,15-17H. The molecular formula is C12H10I2O3Te. The van der Waals surface area contributed by atoms with Gasteiger partial charge in [-0.2, -0.15) is 0 Å². The van der Waals surface area contributed by atoms with Gasteiger partial charge in [0.05, 0.1) is 0 Å². The summed E-state index contributed by atoms with van der Waals surface area (Å²) in [6.07, 6.45) is 0. The van der Waals surface area contributed by atoms with Crippen LogP contribution in [0.3, 0.4) is 0 Å². The van der Waals surface area contributed by atoms with Crippen molar-refractivity contribution in [3.8, 4) is 17.2 Å². The van der Waals surface area contributed by atoms with Gasteiger partial charge < -0.3 is 0 Å². The average Bonchev–Trinajstić information content (AvgIpc) is 2.29. The minimum absolute atomic E-state index is 0.0633. The van der Waals surface area contributed by atoms with Crippen molar-refractivity contribution in [1.29, 1.82) is 0 Å². The van der Waals surface area contributed by atoms with Gasteiger partial charge in [0.15, 0.2) is 0 Å². The van der Waals surface area contributed by atoms with Crippen LogP contribution in [0, 0.1) is 0 Å². The van der Waals surface area contributed by atoms with Crippen LogP contribution >= 0.6 is 37.4 Å². The summed E-state index contributed by atoms with van der Waals surface area (Å²) < 4.78 is 2.03. The third-order valence-electron chi connectivity index (χ3n) is 2.35. The van der Waals surface area contributed by atoms with Crippen LogP contribution in [-0.2, 0) is 0 Å². The summed E-state index contributed by atoms with van der Waals surface area (Å²) in [6.45, 7) is 0. The number of benzene rings is 2. The molecule has 0 atom stereocenters. The zero-order chi connectivity index (χ0) is 13.3. The van der Waals surface area contributed by atoms with Crippen molar-refractivity contribution < 1.29 is 15.3 Å². The number of phenols is 3. The zero-order valence-electron chi connectivity index (χ0n) is 9.05. The van der Waals surface area contributed by atoms with E-state index in [1.54, 1.807) is 24.3 Å². The monoisotopic (exact) mass is 586 g/mol. The molecule has 0 fully saturated rings. The van der Waals surface area contributed by atoms with Gasteiger partial charge in [0.25, 0.3) is 0 Å². The zero-order valence-corrected chi connectivity index (χ0v) is 15.7. The molecule has 96 valence electrons. The molecule has 0 aliphatic carbocycles. The van der Waals surface area contributed by atoms with E-state index in [1.807, 2.05) is 12.1 Å². The van der Waals surface area contributed by atoms with Gasteiger partial charge in [0.2, 0.25) is 0 Å². The molecule has 0 spiro atoms. The Morgan fingerprint density at radius 1 is 0.778 bits per heavy atom. The van der Waals surface area contributed by atoms with Crippen molar-refractivity contribution in [2.75, 3.05) is 0 Å². The van der Waals surface area contributed by atoms with Gasteiger partial charge in [-0.15, -0.1) is 0 Å². The molecule has 6 heteroatoms. The third-order valence-corrected chi connectivity index (χ3v) is 20.6. The summed E-state index contributed by atoms with van der Waals surface area (Å²) in [5.41, 5.74) is 0. The average molecular weight is 584 g/mol. The van der Waals surface area contributed by atoms with E-state index < -0.39 is 10.3 Å². The van der Waals surface area contributed by atoms with Crippen LogP contribution in [-0.4, -0.2) is 25.6 Å². The Labute approximate surface area is 128 Å². The molecule has 0 amide bonds. The van der Waals surface area contributed by atoms with E-state index >= 15 is 0 Å². The Kier molecular flexibility index (Phi) is 4.52.